The van der Waals surface area contributed by atoms with Gasteiger partial charge in [-0.05, 0) is 35.4 Å². The van der Waals surface area contributed by atoms with Crippen molar-refractivity contribution < 1.29 is 23.9 Å². The Kier molecular flexibility index (Phi) is 5.84. The van der Waals surface area contributed by atoms with Gasteiger partial charge >= 0.3 is 5.97 Å². The van der Waals surface area contributed by atoms with Gasteiger partial charge in [0.1, 0.15) is 5.75 Å². The summed E-state index contributed by atoms with van der Waals surface area (Å²) in [5, 5.41) is 7.67. The van der Waals surface area contributed by atoms with Crippen LogP contribution in [0.5, 0.6) is 5.75 Å². The van der Waals surface area contributed by atoms with Crippen molar-refractivity contribution in [3.63, 3.8) is 0 Å². The van der Waals surface area contributed by atoms with Gasteiger partial charge in [-0.3, -0.25) is 14.4 Å². The fourth-order valence-corrected chi connectivity index (χ4v) is 3.57. The number of ether oxygens (including phenoxy) is 2. The summed E-state index contributed by atoms with van der Waals surface area (Å²) < 4.78 is 10.6. The number of anilines is 1. The molecule has 3 aromatic carbocycles. The molecule has 4 rings (SSSR count). The van der Waals surface area contributed by atoms with Crippen LogP contribution in [0.3, 0.4) is 0 Å². The number of fused-ring (bicyclic) bond motifs is 2. The highest BCUT2D eigenvalue weighted by atomic mass is 16.5. The van der Waals surface area contributed by atoms with Crippen LogP contribution in [0.15, 0.2) is 66.7 Å². The van der Waals surface area contributed by atoms with Gasteiger partial charge in [0.05, 0.1) is 18.2 Å². The molecule has 2 amide bonds. The molecule has 31 heavy (non-hydrogen) atoms. The van der Waals surface area contributed by atoms with Crippen LogP contribution in [0.25, 0.3) is 10.8 Å². The Morgan fingerprint density at radius 2 is 1.81 bits per heavy atom. The van der Waals surface area contributed by atoms with E-state index < -0.39 is 30.5 Å². The lowest BCUT2D eigenvalue weighted by molar-refractivity contribution is -0.151. The lowest BCUT2D eigenvalue weighted by atomic mass is 10.00. The van der Waals surface area contributed by atoms with Gasteiger partial charge in [0, 0.05) is 0 Å². The SMILES string of the molecule is C[C@@H](NC(=O)COC(=O)C[C@@H]1Oc2ccccc2NC1=O)c1cccc2ccccc12. The average Bonchev–Trinajstić information content (AvgIpc) is 2.77. The zero-order valence-electron chi connectivity index (χ0n) is 17.0. The Morgan fingerprint density at radius 3 is 2.68 bits per heavy atom. The smallest absolute Gasteiger partial charge is 0.310 e. The molecule has 3 aromatic rings. The van der Waals surface area contributed by atoms with Gasteiger partial charge in [0.15, 0.2) is 12.7 Å². The topological polar surface area (TPSA) is 93.7 Å². The predicted molar refractivity (Wildman–Crippen MR) is 116 cm³/mol. The number of esters is 1. The van der Waals surface area contributed by atoms with E-state index in [1.807, 2.05) is 49.4 Å². The van der Waals surface area contributed by atoms with Crippen LogP contribution >= 0.6 is 0 Å². The molecule has 0 radical (unpaired) electrons. The highest BCUT2D eigenvalue weighted by Crippen LogP contribution is 2.29. The van der Waals surface area contributed by atoms with Gasteiger partial charge in [-0.25, -0.2) is 0 Å². The summed E-state index contributed by atoms with van der Waals surface area (Å²) in [6, 6.07) is 20.5. The van der Waals surface area contributed by atoms with Crippen LogP contribution in [-0.4, -0.2) is 30.5 Å². The van der Waals surface area contributed by atoms with Gasteiger partial charge in [0.2, 0.25) is 0 Å². The molecule has 158 valence electrons. The predicted octanol–water partition coefficient (Wildman–Crippen LogP) is 3.35. The zero-order valence-corrected chi connectivity index (χ0v) is 17.0. The van der Waals surface area contributed by atoms with Gasteiger partial charge in [-0.2, -0.15) is 0 Å². The van der Waals surface area contributed by atoms with E-state index in [-0.39, 0.29) is 12.5 Å². The number of carbonyl (C=O) groups is 3. The number of rotatable bonds is 6. The Bertz CT molecular complexity index is 1140. The summed E-state index contributed by atoms with van der Waals surface area (Å²) in [6.07, 6.45) is -1.29. The zero-order chi connectivity index (χ0) is 21.8. The summed E-state index contributed by atoms with van der Waals surface area (Å²) >= 11 is 0. The number of hydrogen-bond donors (Lipinski definition) is 2. The Balaban J connectivity index is 1.29. The number of hydrogen-bond acceptors (Lipinski definition) is 5. The lowest BCUT2D eigenvalue weighted by Crippen LogP contribution is -2.39. The summed E-state index contributed by atoms with van der Waals surface area (Å²) in [6.45, 7) is 1.44. The quantitative estimate of drug-likeness (QED) is 0.599. The molecule has 0 saturated carbocycles. The average molecular weight is 418 g/mol. The third kappa shape index (κ3) is 4.66. The molecular weight excluding hydrogens is 396 g/mol. The van der Waals surface area contributed by atoms with Crippen molar-refractivity contribution in [1.82, 2.24) is 5.32 Å². The monoisotopic (exact) mass is 418 g/mol. The second-order valence-corrected chi connectivity index (χ2v) is 7.31. The molecule has 2 atom stereocenters. The third-order valence-electron chi connectivity index (χ3n) is 5.09. The maximum Gasteiger partial charge on any atom is 0.310 e. The van der Waals surface area contributed by atoms with Crippen molar-refractivity contribution in [2.75, 3.05) is 11.9 Å². The van der Waals surface area contributed by atoms with E-state index in [4.69, 9.17) is 9.47 Å². The van der Waals surface area contributed by atoms with E-state index in [1.54, 1.807) is 24.3 Å². The first-order chi connectivity index (χ1) is 15.0. The van der Waals surface area contributed by atoms with Crippen molar-refractivity contribution in [2.45, 2.75) is 25.5 Å². The van der Waals surface area contributed by atoms with Crippen LogP contribution in [0.4, 0.5) is 5.69 Å². The van der Waals surface area contributed by atoms with E-state index in [0.717, 1.165) is 16.3 Å². The van der Waals surface area contributed by atoms with E-state index in [9.17, 15) is 14.4 Å². The first kappa shape index (κ1) is 20.4. The molecule has 0 aliphatic carbocycles. The van der Waals surface area contributed by atoms with E-state index in [0.29, 0.717) is 11.4 Å². The molecule has 0 spiro atoms. The standard InChI is InChI=1S/C24H22N2O5/c1-15(17-10-6-8-16-7-2-3-9-18(16)17)25-22(27)14-30-23(28)13-21-24(29)26-19-11-4-5-12-20(19)31-21/h2-12,15,21H,13-14H2,1H3,(H,25,27)(H,26,29)/t15-,21+/m1/s1. The van der Waals surface area contributed by atoms with Crippen LogP contribution in [0.1, 0.15) is 24.9 Å². The Morgan fingerprint density at radius 1 is 1.06 bits per heavy atom. The molecule has 0 saturated heterocycles. The number of para-hydroxylation sites is 2. The van der Waals surface area contributed by atoms with E-state index >= 15 is 0 Å². The summed E-state index contributed by atoms with van der Waals surface area (Å²) in [4.78, 5) is 36.5. The van der Waals surface area contributed by atoms with Crippen molar-refractivity contribution in [3.8, 4) is 5.75 Å². The maximum absolute atomic E-state index is 12.3. The first-order valence-corrected chi connectivity index (χ1v) is 10.0. The minimum Gasteiger partial charge on any atom is -0.478 e. The number of carbonyl (C=O) groups excluding carboxylic acids is 3. The highest BCUT2D eigenvalue weighted by Gasteiger charge is 2.30. The molecule has 0 unspecified atom stereocenters. The van der Waals surface area contributed by atoms with Gasteiger partial charge in [-0.15, -0.1) is 0 Å². The summed E-state index contributed by atoms with van der Waals surface area (Å²) in [5.41, 5.74) is 1.53. The summed E-state index contributed by atoms with van der Waals surface area (Å²) in [5.74, 6) is -1.05. The molecule has 2 N–H and O–H groups in total. The minimum atomic E-state index is -1.000. The normalized spacial score (nSPS) is 15.9. The van der Waals surface area contributed by atoms with Crippen LogP contribution < -0.4 is 15.4 Å². The molecular formula is C24H22N2O5. The molecule has 0 aromatic heterocycles. The second kappa shape index (κ2) is 8.87. The van der Waals surface area contributed by atoms with Gasteiger partial charge in [0.25, 0.3) is 11.8 Å². The van der Waals surface area contributed by atoms with E-state index in [1.165, 1.54) is 0 Å². The number of benzene rings is 3. The molecule has 1 aliphatic heterocycles. The molecule has 0 bridgehead atoms. The third-order valence-corrected chi connectivity index (χ3v) is 5.09. The van der Waals surface area contributed by atoms with E-state index in [2.05, 4.69) is 10.6 Å². The Labute approximate surface area is 179 Å². The lowest BCUT2D eigenvalue weighted by Gasteiger charge is -2.25. The Hall–Kier alpha value is -3.87. The van der Waals surface area contributed by atoms with Crippen molar-refractivity contribution in [2.24, 2.45) is 0 Å². The molecule has 7 nitrogen and oxygen atoms in total. The molecule has 1 aliphatic rings. The van der Waals surface area contributed by atoms with Crippen molar-refractivity contribution >= 4 is 34.2 Å². The number of nitrogens with one attached hydrogen (secondary N) is 2. The van der Waals surface area contributed by atoms with Crippen LogP contribution in [0.2, 0.25) is 0 Å². The van der Waals surface area contributed by atoms with Gasteiger partial charge in [-0.1, -0.05) is 54.6 Å². The van der Waals surface area contributed by atoms with Crippen LogP contribution in [0, 0.1) is 0 Å². The number of amides is 2. The molecule has 1 heterocycles. The van der Waals surface area contributed by atoms with Gasteiger partial charge < -0.3 is 20.1 Å². The summed E-state index contributed by atoms with van der Waals surface area (Å²) in [7, 11) is 0. The second-order valence-electron chi connectivity index (χ2n) is 7.31. The molecule has 0 fully saturated rings. The van der Waals surface area contributed by atoms with Crippen molar-refractivity contribution in [3.05, 3.63) is 72.3 Å². The largest absolute Gasteiger partial charge is 0.478 e. The minimum absolute atomic E-state index is 0.263. The van der Waals surface area contributed by atoms with Crippen molar-refractivity contribution in [1.29, 1.82) is 0 Å². The first-order valence-electron chi connectivity index (χ1n) is 10.0. The fraction of sp³-hybridized carbons (Fsp3) is 0.208. The molecule has 7 heteroatoms. The fourth-order valence-electron chi connectivity index (χ4n) is 3.57. The highest BCUT2D eigenvalue weighted by molar-refractivity contribution is 5.99. The maximum atomic E-state index is 12.3. The van der Waals surface area contributed by atoms with Crippen LogP contribution in [-0.2, 0) is 19.1 Å².